The van der Waals surface area contributed by atoms with Crippen molar-refractivity contribution in [1.82, 2.24) is 0 Å². The summed E-state index contributed by atoms with van der Waals surface area (Å²) in [5.41, 5.74) is 3.34. The maximum atomic E-state index is 12.8. The van der Waals surface area contributed by atoms with Crippen molar-refractivity contribution in [1.29, 1.82) is 0 Å². The number of benzene rings is 4. The molecule has 4 rings (SSSR count). The van der Waals surface area contributed by atoms with E-state index in [9.17, 15) is 4.79 Å². The number of rotatable bonds is 5. The summed E-state index contributed by atoms with van der Waals surface area (Å²) in [6.45, 7) is 0. The van der Waals surface area contributed by atoms with Crippen LogP contribution in [0.25, 0.3) is 11.1 Å². The van der Waals surface area contributed by atoms with Crippen molar-refractivity contribution >= 4 is 11.6 Å². The lowest BCUT2D eigenvalue weighted by molar-refractivity contribution is 0.102. The first-order valence-electron chi connectivity index (χ1n) is 9.08. The molecule has 0 fully saturated rings. The maximum absolute atomic E-state index is 12.8. The predicted octanol–water partition coefficient (Wildman–Crippen LogP) is 6.40. The molecule has 0 radical (unpaired) electrons. The second kappa shape index (κ2) is 8.23. The topological polar surface area (TPSA) is 38.3 Å². The molecule has 4 aromatic carbocycles. The summed E-state index contributed by atoms with van der Waals surface area (Å²) in [5, 5.41) is 3.02. The highest BCUT2D eigenvalue weighted by Gasteiger charge is 2.11. The maximum Gasteiger partial charge on any atom is 0.255 e. The predicted molar refractivity (Wildman–Crippen MR) is 113 cm³/mol. The molecule has 3 heteroatoms. The number of carbonyl (C=O) groups excluding carboxylic acids is 1. The molecule has 3 nitrogen and oxygen atoms in total. The lowest BCUT2D eigenvalue weighted by Crippen LogP contribution is -2.12. The Labute approximate surface area is 164 Å². The Balaban J connectivity index is 1.56. The van der Waals surface area contributed by atoms with Crippen LogP contribution in [0.15, 0.2) is 109 Å². The third-order valence-electron chi connectivity index (χ3n) is 4.34. The Kier molecular flexibility index (Phi) is 5.16. The van der Waals surface area contributed by atoms with E-state index in [1.807, 2.05) is 97.1 Å². The van der Waals surface area contributed by atoms with E-state index < -0.39 is 0 Å². The van der Waals surface area contributed by atoms with Crippen LogP contribution in [-0.4, -0.2) is 5.91 Å². The zero-order chi connectivity index (χ0) is 19.2. The van der Waals surface area contributed by atoms with Crippen LogP contribution in [0.1, 0.15) is 10.4 Å². The van der Waals surface area contributed by atoms with E-state index in [1.54, 1.807) is 12.1 Å². The van der Waals surface area contributed by atoms with Crippen molar-refractivity contribution in [3.63, 3.8) is 0 Å². The van der Waals surface area contributed by atoms with Gasteiger partial charge in [0.25, 0.3) is 5.91 Å². The quantitative estimate of drug-likeness (QED) is 0.444. The average molecular weight is 365 g/mol. The second-order valence-electron chi connectivity index (χ2n) is 6.31. The minimum Gasteiger partial charge on any atom is -0.457 e. The zero-order valence-electron chi connectivity index (χ0n) is 15.2. The summed E-state index contributed by atoms with van der Waals surface area (Å²) in [6, 6.07) is 34.5. The van der Waals surface area contributed by atoms with E-state index >= 15 is 0 Å². The van der Waals surface area contributed by atoms with E-state index in [-0.39, 0.29) is 5.91 Å². The number of nitrogens with one attached hydrogen (secondary N) is 1. The van der Waals surface area contributed by atoms with Gasteiger partial charge >= 0.3 is 0 Å². The van der Waals surface area contributed by atoms with Crippen LogP contribution in [0.3, 0.4) is 0 Å². The van der Waals surface area contributed by atoms with Crippen molar-refractivity contribution < 1.29 is 9.53 Å². The van der Waals surface area contributed by atoms with Crippen molar-refractivity contribution in [2.24, 2.45) is 0 Å². The molecule has 0 atom stereocenters. The number of para-hydroxylation sites is 2. The van der Waals surface area contributed by atoms with Gasteiger partial charge in [0.2, 0.25) is 0 Å². The minimum atomic E-state index is -0.179. The Morgan fingerprint density at radius 1 is 0.643 bits per heavy atom. The molecule has 0 spiro atoms. The van der Waals surface area contributed by atoms with Crippen molar-refractivity contribution in [2.45, 2.75) is 0 Å². The molecule has 4 aromatic rings. The molecule has 0 heterocycles. The Morgan fingerprint density at radius 3 is 2.07 bits per heavy atom. The van der Waals surface area contributed by atoms with Gasteiger partial charge in [0.1, 0.15) is 11.5 Å². The fraction of sp³-hybridized carbons (Fsp3) is 0. The summed E-state index contributed by atoms with van der Waals surface area (Å²) in [7, 11) is 0. The third-order valence-corrected chi connectivity index (χ3v) is 4.34. The molecular formula is C25H19NO2. The molecule has 0 aliphatic heterocycles. The number of ether oxygens (including phenoxy) is 1. The molecule has 1 amide bonds. The Morgan fingerprint density at radius 2 is 1.29 bits per heavy atom. The van der Waals surface area contributed by atoms with E-state index in [4.69, 9.17) is 4.74 Å². The van der Waals surface area contributed by atoms with Gasteiger partial charge in [0, 0.05) is 16.8 Å². The molecule has 0 aromatic heterocycles. The van der Waals surface area contributed by atoms with Gasteiger partial charge in [-0.25, -0.2) is 0 Å². The van der Waals surface area contributed by atoms with Crippen molar-refractivity contribution in [3.8, 4) is 22.6 Å². The number of hydrogen-bond acceptors (Lipinski definition) is 2. The highest BCUT2D eigenvalue weighted by Crippen LogP contribution is 2.28. The fourth-order valence-electron chi connectivity index (χ4n) is 2.98. The number of amides is 1. The van der Waals surface area contributed by atoms with Crippen molar-refractivity contribution in [2.75, 3.05) is 5.32 Å². The van der Waals surface area contributed by atoms with Gasteiger partial charge in [-0.2, -0.15) is 0 Å². The summed E-state index contributed by atoms with van der Waals surface area (Å²) < 4.78 is 5.83. The Hall–Kier alpha value is -3.85. The van der Waals surface area contributed by atoms with Crippen LogP contribution in [0.4, 0.5) is 5.69 Å². The zero-order valence-corrected chi connectivity index (χ0v) is 15.2. The molecular weight excluding hydrogens is 346 g/mol. The summed E-state index contributed by atoms with van der Waals surface area (Å²) in [6.07, 6.45) is 0. The second-order valence-corrected chi connectivity index (χ2v) is 6.31. The van der Waals surface area contributed by atoms with Crippen LogP contribution in [0.5, 0.6) is 11.5 Å². The standard InChI is InChI=1S/C25H19NO2/c27-25(20-12-9-15-22(18-20)28-21-13-5-2-6-14-21)26-24-17-8-7-16-23(24)19-10-3-1-4-11-19/h1-18H,(H,26,27). The largest absolute Gasteiger partial charge is 0.457 e. The molecule has 0 saturated heterocycles. The molecule has 0 aliphatic carbocycles. The van der Waals surface area contributed by atoms with Crippen LogP contribution in [0, 0.1) is 0 Å². The van der Waals surface area contributed by atoms with E-state index in [2.05, 4.69) is 5.32 Å². The van der Waals surface area contributed by atoms with Gasteiger partial charge in [-0.15, -0.1) is 0 Å². The third kappa shape index (κ3) is 4.10. The normalized spacial score (nSPS) is 10.3. The average Bonchev–Trinajstić information content (AvgIpc) is 2.76. The molecule has 0 bridgehead atoms. The minimum absolute atomic E-state index is 0.179. The summed E-state index contributed by atoms with van der Waals surface area (Å²) >= 11 is 0. The highest BCUT2D eigenvalue weighted by molar-refractivity contribution is 6.06. The first-order valence-corrected chi connectivity index (χ1v) is 9.08. The van der Waals surface area contributed by atoms with Gasteiger partial charge in [0.15, 0.2) is 0 Å². The molecule has 136 valence electrons. The van der Waals surface area contributed by atoms with Gasteiger partial charge in [0.05, 0.1) is 0 Å². The molecule has 28 heavy (non-hydrogen) atoms. The van der Waals surface area contributed by atoms with Crippen molar-refractivity contribution in [3.05, 3.63) is 115 Å². The first-order chi connectivity index (χ1) is 13.8. The number of hydrogen-bond donors (Lipinski definition) is 1. The lowest BCUT2D eigenvalue weighted by atomic mass is 10.0. The smallest absolute Gasteiger partial charge is 0.255 e. The van der Waals surface area contributed by atoms with E-state index in [1.165, 1.54) is 0 Å². The SMILES string of the molecule is O=C(Nc1ccccc1-c1ccccc1)c1cccc(Oc2ccccc2)c1. The monoisotopic (exact) mass is 365 g/mol. The van der Waals surface area contributed by atoms with E-state index in [0.29, 0.717) is 11.3 Å². The fourth-order valence-corrected chi connectivity index (χ4v) is 2.98. The first kappa shape index (κ1) is 17.6. The Bertz CT molecular complexity index is 1080. The highest BCUT2D eigenvalue weighted by atomic mass is 16.5. The van der Waals surface area contributed by atoms with Crippen LogP contribution >= 0.6 is 0 Å². The van der Waals surface area contributed by atoms with E-state index in [0.717, 1.165) is 22.6 Å². The molecule has 0 unspecified atom stereocenters. The summed E-state index contributed by atoms with van der Waals surface area (Å²) in [5.74, 6) is 1.17. The van der Waals surface area contributed by atoms with Gasteiger partial charge < -0.3 is 10.1 Å². The lowest BCUT2D eigenvalue weighted by Gasteiger charge is -2.12. The van der Waals surface area contributed by atoms with Crippen LogP contribution in [0.2, 0.25) is 0 Å². The van der Waals surface area contributed by atoms with Crippen LogP contribution < -0.4 is 10.1 Å². The van der Waals surface area contributed by atoms with Gasteiger partial charge in [-0.1, -0.05) is 72.8 Å². The number of carbonyl (C=O) groups is 1. The molecule has 1 N–H and O–H groups in total. The summed E-state index contributed by atoms with van der Waals surface area (Å²) in [4.78, 5) is 12.8. The molecule has 0 saturated carbocycles. The molecule has 0 aliphatic rings. The van der Waals surface area contributed by atoms with Crippen LogP contribution in [-0.2, 0) is 0 Å². The number of anilines is 1. The van der Waals surface area contributed by atoms with Gasteiger partial charge in [-0.3, -0.25) is 4.79 Å². The van der Waals surface area contributed by atoms with Gasteiger partial charge in [-0.05, 0) is 42.0 Å².